The van der Waals surface area contributed by atoms with Crippen LogP contribution >= 0.6 is 0 Å². The molecule has 0 spiro atoms. The summed E-state index contributed by atoms with van der Waals surface area (Å²) in [5.41, 5.74) is 1.27. The molecule has 30 heavy (non-hydrogen) atoms. The van der Waals surface area contributed by atoms with Crippen molar-refractivity contribution in [2.24, 2.45) is 5.92 Å². The highest BCUT2D eigenvalue weighted by molar-refractivity contribution is 7.88. The number of carbonyl (C=O) groups is 2. The van der Waals surface area contributed by atoms with Gasteiger partial charge in [0.1, 0.15) is 5.82 Å². The molecule has 3 rings (SSSR count). The largest absolute Gasteiger partial charge is 0.326 e. The van der Waals surface area contributed by atoms with Crippen molar-refractivity contribution in [3.63, 3.8) is 0 Å². The molecule has 0 aliphatic carbocycles. The van der Waals surface area contributed by atoms with Gasteiger partial charge in [0.25, 0.3) is 0 Å². The van der Waals surface area contributed by atoms with Gasteiger partial charge in [-0.15, -0.1) is 0 Å². The van der Waals surface area contributed by atoms with Gasteiger partial charge in [-0.25, -0.2) is 17.1 Å². The highest BCUT2D eigenvalue weighted by Gasteiger charge is 2.31. The molecule has 1 aliphatic rings. The second-order valence-electron chi connectivity index (χ2n) is 7.27. The summed E-state index contributed by atoms with van der Waals surface area (Å²) in [4.78, 5) is 23.7. The van der Waals surface area contributed by atoms with Crippen LogP contribution in [0.25, 0.3) is 0 Å². The van der Waals surface area contributed by atoms with Crippen molar-refractivity contribution >= 4 is 33.2 Å². The molecule has 0 atom stereocenters. The fourth-order valence-electron chi connectivity index (χ4n) is 3.42. The van der Waals surface area contributed by atoms with Crippen molar-refractivity contribution < 1.29 is 22.4 Å². The van der Waals surface area contributed by atoms with Gasteiger partial charge in [0, 0.05) is 42.9 Å². The number of hydrogen-bond donors (Lipinski definition) is 2. The Kier molecular flexibility index (Phi) is 6.84. The van der Waals surface area contributed by atoms with E-state index >= 15 is 0 Å². The molecule has 0 bridgehead atoms. The molecule has 1 aliphatic heterocycles. The van der Waals surface area contributed by atoms with E-state index in [1.54, 1.807) is 30.3 Å². The van der Waals surface area contributed by atoms with Crippen LogP contribution in [0.4, 0.5) is 15.8 Å². The molecule has 0 radical (unpaired) electrons. The Morgan fingerprint density at radius 3 is 2.30 bits per heavy atom. The van der Waals surface area contributed by atoms with E-state index in [9.17, 15) is 22.4 Å². The van der Waals surface area contributed by atoms with E-state index in [1.807, 2.05) is 0 Å². The maximum Gasteiger partial charge on any atom is 0.227 e. The van der Waals surface area contributed by atoms with Gasteiger partial charge in [0.2, 0.25) is 21.8 Å². The first-order valence-electron chi connectivity index (χ1n) is 9.64. The standard InChI is InChI=1S/C21H24FN3O4S/c1-15(26)23-18-6-4-7-19(13-18)24-21(27)16-9-11-25(12-10-16)30(28,29)14-17-5-2-3-8-20(17)22/h2-8,13,16H,9-12,14H2,1H3,(H,23,26)(H,24,27). The normalized spacial score (nSPS) is 15.5. The molecule has 7 nitrogen and oxygen atoms in total. The van der Waals surface area contributed by atoms with Crippen LogP contribution in [-0.4, -0.2) is 37.6 Å². The summed E-state index contributed by atoms with van der Waals surface area (Å²) in [5.74, 6) is -1.67. The summed E-state index contributed by atoms with van der Waals surface area (Å²) in [6.07, 6.45) is 0.765. The summed E-state index contributed by atoms with van der Waals surface area (Å²) in [6, 6.07) is 12.6. The van der Waals surface area contributed by atoms with Crippen LogP contribution in [-0.2, 0) is 25.4 Å². The van der Waals surface area contributed by atoms with E-state index in [4.69, 9.17) is 0 Å². The predicted molar refractivity (Wildman–Crippen MR) is 113 cm³/mol. The lowest BCUT2D eigenvalue weighted by atomic mass is 9.97. The fraction of sp³-hybridized carbons (Fsp3) is 0.333. The van der Waals surface area contributed by atoms with E-state index in [1.165, 1.54) is 29.4 Å². The number of benzene rings is 2. The molecule has 160 valence electrons. The number of hydrogen-bond acceptors (Lipinski definition) is 4. The molecule has 2 aromatic carbocycles. The Labute approximate surface area is 175 Å². The summed E-state index contributed by atoms with van der Waals surface area (Å²) >= 11 is 0. The van der Waals surface area contributed by atoms with Gasteiger partial charge in [-0.3, -0.25) is 9.59 Å². The lowest BCUT2D eigenvalue weighted by Gasteiger charge is -2.30. The van der Waals surface area contributed by atoms with Crippen LogP contribution in [0, 0.1) is 11.7 Å². The molecule has 9 heteroatoms. The third-order valence-electron chi connectivity index (χ3n) is 4.96. The van der Waals surface area contributed by atoms with Crippen molar-refractivity contribution in [3.05, 3.63) is 59.9 Å². The molecular formula is C21H24FN3O4S. The maximum atomic E-state index is 13.8. The minimum atomic E-state index is -3.66. The van der Waals surface area contributed by atoms with Crippen molar-refractivity contribution in [3.8, 4) is 0 Å². The minimum Gasteiger partial charge on any atom is -0.326 e. The Balaban J connectivity index is 1.56. The lowest BCUT2D eigenvalue weighted by Crippen LogP contribution is -2.42. The average Bonchev–Trinajstić information content (AvgIpc) is 2.69. The zero-order valence-corrected chi connectivity index (χ0v) is 17.4. The first kappa shape index (κ1) is 21.9. The zero-order valence-electron chi connectivity index (χ0n) is 16.6. The first-order valence-corrected chi connectivity index (χ1v) is 11.3. The van der Waals surface area contributed by atoms with Crippen molar-refractivity contribution in [2.75, 3.05) is 23.7 Å². The SMILES string of the molecule is CC(=O)Nc1cccc(NC(=O)C2CCN(S(=O)(=O)Cc3ccccc3F)CC2)c1. The van der Waals surface area contributed by atoms with E-state index in [2.05, 4.69) is 10.6 Å². The molecular weight excluding hydrogens is 409 g/mol. The lowest BCUT2D eigenvalue weighted by molar-refractivity contribution is -0.121. The van der Waals surface area contributed by atoms with Gasteiger partial charge in [0.05, 0.1) is 5.75 Å². The third kappa shape index (κ3) is 5.64. The molecule has 2 amide bonds. The van der Waals surface area contributed by atoms with Crippen molar-refractivity contribution in [1.82, 2.24) is 4.31 Å². The average molecular weight is 434 g/mol. The fourth-order valence-corrected chi connectivity index (χ4v) is 5.00. The summed E-state index contributed by atoms with van der Waals surface area (Å²) < 4.78 is 40.4. The maximum absolute atomic E-state index is 13.8. The van der Waals surface area contributed by atoms with Crippen LogP contribution in [0.5, 0.6) is 0 Å². The molecule has 2 aromatic rings. The summed E-state index contributed by atoms with van der Waals surface area (Å²) in [5, 5.41) is 5.47. The van der Waals surface area contributed by atoms with Crippen molar-refractivity contribution in [2.45, 2.75) is 25.5 Å². The van der Waals surface area contributed by atoms with E-state index in [-0.39, 0.29) is 36.4 Å². The van der Waals surface area contributed by atoms with Crippen LogP contribution in [0.15, 0.2) is 48.5 Å². The van der Waals surface area contributed by atoms with Gasteiger partial charge in [0.15, 0.2) is 0 Å². The number of rotatable bonds is 6. The van der Waals surface area contributed by atoms with Crippen LogP contribution in [0.2, 0.25) is 0 Å². The zero-order chi connectivity index (χ0) is 21.7. The molecule has 0 aromatic heterocycles. The highest BCUT2D eigenvalue weighted by atomic mass is 32.2. The predicted octanol–water partition coefficient (Wildman–Crippen LogP) is 2.96. The smallest absolute Gasteiger partial charge is 0.227 e. The Hall–Kier alpha value is -2.78. The topological polar surface area (TPSA) is 95.6 Å². The number of nitrogens with zero attached hydrogens (tertiary/aromatic N) is 1. The van der Waals surface area contributed by atoms with Gasteiger partial charge >= 0.3 is 0 Å². The number of carbonyl (C=O) groups excluding carboxylic acids is 2. The van der Waals surface area contributed by atoms with Gasteiger partial charge in [-0.05, 0) is 37.1 Å². The van der Waals surface area contributed by atoms with Gasteiger partial charge in [-0.1, -0.05) is 24.3 Å². The van der Waals surface area contributed by atoms with Crippen LogP contribution < -0.4 is 10.6 Å². The Morgan fingerprint density at radius 1 is 1.03 bits per heavy atom. The number of amides is 2. The molecule has 2 N–H and O–H groups in total. The second-order valence-corrected chi connectivity index (χ2v) is 9.24. The van der Waals surface area contributed by atoms with Gasteiger partial charge < -0.3 is 10.6 Å². The number of sulfonamides is 1. The minimum absolute atomic E-state index is 0.136. The van der Waals surface area contributed by atoms with Crippen LogP contribution in [0.1, 0.15) is 25.3 Å². The third-order valence-corrected chi connectivity index (χ3v) is 6.79. The first-order chi connectivity index (χ1) is 14.2. The number of nitrogens with one attached hydrogen (secondary N) is 2. The number of anilines is 2. The summed E-state index contributed by atoms with van der Waals surface area (Å²) in [6.45, 7) is 1.82. The quantitative estimate of drug-likeness (QED) is 0.732. The molecule has 0 unspecified atom stereocenters. The monoisotopic (exact) mass is 433 g/mol. The van der Waals surface area contributed by atoms with E-state index < -0.39 is 21.6 Å². The van der Waals surface area contributed by atoms with E-state index in [0.29, 0.717) is 24.2 Å². The Morgan fingerprint density at radius 2 is 1.67 bits per heavy atom. The Bertz CT molecular complexity index is 1030. The van der Waals surface area contributed by atoms with Crippen molar-refractivity contribution in [1.29, 1.82) is 0 Å². The molecule has 1 fully saturated rings. The molecule has 1 heterocycles. The van der Waals surface area contributed by atoms with E-state index in [0.717, 1.165) is 0 Å². The number of halogens is 1. The highest BCUT2D eigenvalue weighted by Crippen LogP contribution is 2.24. The second kappa shape index (κ2) is 9.36. The van der Waals surface area contributed by atoms with Crippen LogP contribution in [0.3, 0.4) is 0 Å². The van der Waals surface area contributed by atoms with Gasteiger partial charge in [-0.2, -0.15) is 0 Å². The molecule has 0 saturated carbocycles. The molecule has 1 saturated heterocycles. The summed E-state index contributed by atoms with van der Waals surface area (Å²) in [7, 11) is -3.66. The number of piperidine rings is 1.